The molecule has 0 aromatic rings. The zero-order chi connectivity index (χ0) is 18.8. The number of carbonyl (C=O) groups excluding carboxylic acids is 1. The summed E-state index contributed by atoms with van der Waals surface area (Å²) in [5, 5.41) is 9.64. The first kappa shape index (κ1) is 21.6. The molecule has 6 heteroatoms. The lowest BCUT2D eigenvalue weighted by Gasteiger charge is -2.27. The van der Waals surface area contributed by atoms with Crippen LogP contribution in [-0.4, -0.2) is 61.9 Å². The fourth-order valence-corrected chi connectivity index (χ4v) is 4.16. The molecular weight excluding hydrogens is 334 g/mol. The van der Waals surface area contributed by atoms with Crippen molar-refractivity contribution in [3.8, 4) is 0 Å². The SMILES string of the molecule is CCCCCCOCC1C2CCC(O2)C1CCOCCCC(=O)N(C)O. The summed E-state index contributed by atoms with van der Waals surface area (Å²) < 4.78 is 17.8. The second-order valence-corrected chi connectivity index (χ2v) is 7.68. The zero-order valence-corrected chi connectivity index (χ0v) is 16.5. The summed E-state index contributed by atoms with van der Waals surface area (Å²) >= 11 is 0. The molecule has 0 spiro atoms. The molecule has 2 bridgehead atoms. The molecule has 2 aliphatic rings. The fraction of sp³-hybridized carbons (Fsp3) is 0.950. The third kappa shape index (κ3) is 6.80. The number of ether oxygens (including phenoxy) is 3. The van der Waals surface area contributed by atoms with Gasteiger partial charge in [0.25, 0.3) is 0 Å². The molecule has 4 atom stereocenters. The molecule has 2 rings (SSSR count). The van der Waals surface area contributed by atoms with E-state index < -0.39 is 0 Å². The van der Waals surface area contributed by atoms with Crippen LogP contribution in [0, 0.1) is 11.8 Å². The van der Waals surface area contributed by atoms with Crippen LogP contribution in [0.3, 0.4) is 0 Å². The van der Waals surface area contributed by atoms with Crippen LogP contribution in [0.2, 0.25) is 0 Å². The molecule has 2 aliphatic heterocycles. The third-order valence-corrected chi connectivity index (χ3v) is 5.68. The van der Waals surface area contributed by atoms with Gasteiger partial charge in [0, 0.05) is 39.2 Å². The number of hydroxylamine groups is 2. The molecule has 1 amide bonds. The Morgan fingerprint density at radius 2 is 1.77 bits per heavy atom. The van der Waals surface area contributed by atoms with Gasteiger partial charge < -0.3 is 14.2 Å². The van der Waals surface area contributed by atoms with Gasteiger partial charge in [-0.2, -0.15) is 0 Å². The maximum atomic E-state index is 11.3. The maximum absolute atomic E-state index is 11.3. The lowest BCUT2D eigenvalue weighted by Crippen LogP contribution is -2.32. The number of rotatable bonds is 14. The number of nitrogens with zero attached hydrogens (tertiary/aromatic N) is 1. The van der Waals surface area contributed by atoms with Crippen LogP contribution in [0.15, 0.2) is 0 Å². The minimum absolute atomic E-state index is 0.272. The number of amides is 1. The van der Waals surface area contributed by atoms with Gasteiger partial charge in [-0.15, -0.1) is 0 Å². The molecule has 4 unspecified atom stereocenters. The molecule has 0 aliphatic carbocycles. The second kappa shape index (κ2) is 11.9. The van der Waals surface area contributed by atoms with E-state index in [2.05, 4.69) is 6.92 Å². The highest BCUT2D eigenvalue weighted by Crippen LogP contribution is 2.45. The van der Waals surface area contributed by atoms with Crippen molar-refractivity contribution in [3.63, 3.8) is 0 Å². The molecule has 2 saturated heterocycles. The minimum atomic E-state index is -0.272. The van der Waals surface area contributed by atoms with Gasteiger partial charge >= 0.3 is 0 Å². The van der Waals surface area contributed by atoms with Gasteiger partial charge in [0.1, 0.15) is 0 Å². The van der Waals surface area contributed by atoms with Crippen LogP contribution in [0.4, 0.5) is 0 Å². The summed E-state index contributed by atoms with van der Waals surface area (Å²) in [5.41, 5.74) is 0. The van der Waals surface area contributed by atoms with Crippen molar-refractivity contribution in [2.24, 2.45) is 11.8 Å². The van der Waals surface area contributed by atoms with E-state index in [1.165, 1.54) is 39.2 Å². The predicted molar refractivity (Wildman–Crippen MR) is 99.1 cm³/mol. The highest BCUT2D eigenvalue weighted by molar-refractivity contribution is 5.74. The number of hydrogen-bond donors (Lipinski definition) is 1. The first-order chi connectivity index (χ1) is 12.6. The van der Waals surface area contributed by atoms with Gasteiger partial charge in [-0.25, -0.2) is 5.06 Å². The molecule has 152 valence electrons. The number of unbranched alkanes of at least 4 members (excludes halogenated alkanes) is 3. The summed E-state index contributed by atoms with van der Waals surface area (Å²) in [4.78, 5) is 11.3. The molecule has 0 aromatic carbocycles. The number of fused-ring (bicyclic) bond motifs is 2. The summed E-state index contributed by atoms with van der Waals surface area (Å²) in [6.07, 6.45) is 10.0. The average Bonchev–Trinajstić information content (AvgIpc) is 3.22. The quantitative estimate of drug-likeness (QED) is 0.288. The molecule has 0 saturated carbocycles. The average molecular weight is 372 g/mol. The lowest BCUT2D eigenvalue weighted by atomic mass is 9.78. The topological polar surface area (TPSA) is 68.2 Å². The van der Waals surface area contributed by atoms with Crippen LogP contribution < -0.4 is 0 Å². The minimum Gasteiger partial charge on any atom is -0.381 e. The van der Waals surface area contributed by atoms with E-state index in [4.69, 9.17) is 19.4 Å². The highest BCUT2D eigenvalue weighted by Gasteiger charge is 2.48. The van der Waals surface area contributed by atoms with Crippen LogP contribution in [-0.2, 0) is 19.0 Å². The summed E-state index contributed by atoms with van der Waals surface area (Å²) in [5.74, 6) is 0.772. The molecule has 1 N–H and O–H groups in total. The van der Waals surface area contributed by atoms with Crippen molar-refractivity contribution >= 4 is 5.91 Å². The fourth-order valence-electron chi connectivity index (χ4n) is 4.16. The molecule has 0 aromatic heterocycles. The Morgan fingerprint density at radius 1 is 1.04 bits per heavy atom. The normalized spacial score (nSPS) is 27.2. The Hall–Kier alpha value is -0.690. The first-order valence-electron chi connectivity index (χ1n) is 10.4. The van der Waals surface area contributed by atoms with Crippen LogP contribution in [0.25, 0.3) is 0 Å². The maximum Gasteiger partial charge on any atom is 0.245 e. The van der Waals surface area contributed by atoms with Crippen LogP contribution in [0.5, 0.6) is 0 Å². The Balaban J connectivity index is 1.58. The van der Waals surface area contributed by atoms with Crippen molar-refractivity contribution in [2.45, 2.75) is 76.9 Å². The van der Waals surface area contributed by atoms with Crippen LogP contribution in [0.1, 0.15) is 64.7 Å². The molecule has 2 fully saturated rings. The lowest BCUT2D eigenvalue weighted by molar-refractivity contribution is -0.159. The number of carbonyl (C=O) groups is 1. The summed E-state index contributed by atoms with van der Waals surface area (Å²) in [6, 6.07) is 0. The van der Waals surface area contributed by atoms with Gasteiger partial charge in [0.15, 0.2) is 0 Å². The zero-order valence-electron chi connectivity index (χ0n) is 16.5. The smallest absolute Gasteiger partial charge is 0.245 e. The molecular formula is C20H37NO5. The molecule has 2 heterocycles. The largest absolute Gasteiger partial charge is 0.381 e. The standard InChI is InChI=1S/C20H37NO5/c1-3-4-5-6-12-25-15-17-16(18-9-10-19(17)26-18)11-14-24-13-7-8-20(22)21(2)23/h16-19,23H,3-15H2,1-2H3. The van der Waals surface area contributed by atoms with E-state index in [0.717, 1.165) is 26.1 Å². The van der Waals surface area contributed by atoms with Gasteiger partial charge in [-0.1, -0.05) is 26.2 Å². The van der Waals surface area contributed by atoms with Crippen LogP contribution >= 0.6 is 0 Å². The van der Waals surface area contributed by atoms with E-state index in [9.17, 15) is 4.79 Å². The predicted octanol–water partition coefficient (Wildman–Crippen LogP) is 3.41. The summed E-state index contributed by atoms with van der Waals surface area (Å²) in [7, 11) is 1.35. The second-order valence-electron chi connectivity index (χ2n) is 7.68. The van der Waals surface area contributed by atoms with E-state index >= 15 is 0 Å². The summed E-state index contributed by atoms with van der Waals surface area (Å²) in [6.45, 7) is 5.16. The third-order valence-electron chi connectivity index (χ3n) is 5.68. The van der Waals surface area contributed by atoms with E-state index in [0.29, 0.717) is 55.2 Å². The molecule has 0 radical (unpaired) electrons. The highest BCUT2D eigenvalue weighted by atomic mass is 16.5. The van der Waals surface area contributed by atoms with Gasteiger partial charge in [0.2, 0.25) is 5.91 Å². The van der Waals surface area contributed by atoms with Gasteiger partial charge in [-0.3, -0.25) is 10.0 Å². The van der Waals surface area contributed by atoms with Crippen molar-refractivity contribution in [2.75, 3.05) is 33.5 Å². The van der Waals surface area contributed by atoms with Crippen molar-refractivity contribution in [3.05, 3.63) is 0 Å². The molecule has 26 heavy (non-hydrogen) atoms. The Kier molecular flexibility index (Phi) is 9.89. The monoisotopic (exact) mass is 371 g/mol. The molecule has 6 nitrogen and oxygen atoms in total. The van der Waals surface area contributed by atoms with Gasteiger partial charge in [-0.05, 0) is 38.0 Å². The Morgan fingerprint density at radius 3 is 2.50 bits per heavy atom. The Labute approximate surface area is 158 Å². The Bertz CT molecular complexity index is 404. The first-order valence-corrected chi connectivity index (χ1v) is 10.4. The van der Waals surface area contributed by atoms with Crippen molar-refractivity contribution < 1.29 is 24.2 Å². The van der Waals surface area contributed by atoms with Gasteiger partial charge in [0.05, 0.1) is 18.8 Å². The van der Waals surface area contributed by atoms with E-state index in [-0.39, 0.29) is 5.91 Å². The number of hydrogen-bond acceptors (Lipinski definition) is 5. The van der Waals surface area contributed by atoms with E-state index in [1.807, 2.05) is 0 Å². The van der Waals surface area contributed by atoms with Crippen molar-refractivity contribution in [1.29, 1.82) is 0 Å². The van der Waals surface area contributed by atoms with E-state index in [1.54, 1.807) is 0 Å². The van der Waals surface area contributed by atoms with Crippen molar-refractivity contribution in [1.82, 2.24) is 5.06 Å².